The zero-order valence-electron chi connectivity index (χ0n) is 11.0. The molecular formula is C13H23F3N2. The van der Waals surface area contributed by atoms with Crippen LogP contribution in [-0.2, 0) is 0 Å². The molecule has 0 unspecified atom stereocenters. The molecule has 0 aromatic heterocycles. The van der Waals surface area contributed by atoms with Crippen LogP contribution in [0.15, 0.2) is 11.6 Å². The number of nitrogens with zero attached hydrogens (tertiary/aromatic N) is 1. The zero-order valence-corrected chi connectivity index (χ0v) is 11.0. The molecule has 1 aliphatic heterocycles. The summed E-state index contributed by atoms with van der Waals surface area (Å²) in [5.74, 6) is 0. The van der Waals surface area contributed by atoms with Crippen LogP contribution in [0.2, 0.25) is 0 Å². The third-order valence-electron chi connectivity index (χ3n) is 3.31. The van der Waals surface area contributed by atoms with Crippen molar-refractivity contribution in [3.8, 4) is 0 Å². The molecule has 1 heterocycles. The fraction of sp³-hybridized carbons (Fsp3) is 0.846. The molecule has 0 spiro atoms. The third kappa shape index (κ3) is 5.87. The summed E-state index contributed by atoms with van der Waals surface area (Å²) in [5.41, 5.74) is -0.354. The average Bonchev–Trinajstić information content (AvgIpc) is 2.33. The third-order valence-corrected chi connectivity index (χ3v) is 3.31. The Kier molecular flexibility index (Phi) is 6.71. The van der Waals surface area contributed by atoms with Crippen LogP contribution in [0.25, 0.3) is 0 Å². The van der Waals surface area contributed by atoms with Gasteiger partial charge in [0.15, 0.2) is 0 Å². The molecule has 0 saturated carbocycles. The van der Waals surface area contributed by atoms with Crippen LogP contribution in [0.1, 0.15) is 32.1 Å². The van der Waals surface area contributed by atoms with Crippen molar-refractivity contribution in [2.24, 2.45) is 0 Å². The first-order valence-electron chi connectivity index (χ1n) is 6.67. The molecule has 2 nitrogen and oxygen atoms in total. The molecule has 0 aliphatic carbocycles. The fourth-order valence-corrected chi connectivity index (χ4v) is 2.16. The lowest BCUT2D eigenvalue weighted by molar-refractivity contribution is -0.0960. The van der Waals surface area contributed by atoms with Crippen molar-refractivity contribution in [1.29, 1.82) is 0 Å². The van der Waals surface area contributed by atoms with Gasteiger partial charge >= 0.3 is 6.18 Å². The van der Waals surface area contributed by atoms with Gasteiger partial charge in [0.1, 0.15) is 0 Å². The van der Waals surface area contributed by atoms with E-state index in [1.165, 1.54) is 18.9 Å². The highest BCUT2D eigenvalue weighted by atomic mass is 19.4. The molecule has 1 N–H and O–H groups in total. The fourth-order valence-electron chi connectivity index (χ4n) is 2.16. The molecule has 0 fully saturated rings. The van der Waals surface area contributed by atoms with E-state index in [2.05, 4.69) is 10.2 Å². The van der Waals surface area contributed by atoms with Gasteiger partial charge in [-0.25, -0.2) is 0 Å². The summed E-state index contributed by atoms with van der Waals surface area (Å²) in [7, 11) is 1.94. The van der Waals surface area contributed by atoms with E-state index < -0.39 is 6.18 Å². The van der Waals surface area contributed by atoms with Crippen molar-refractivity contribution in [3.63, 3.8) is 0 Å². The Morgan fingerprint density at radius 1 is 1.22 bits per heavy atom. The number of nitrogens with one attached hydrogen (secondary N) is 1. The first kappa shape index (κ1) is 15.5. The lowest BCUT2D eigenvalue weighted by Gasteiger charge is -2.27. The van der Waals surface area contributed by atoms with Crippen molar-refractivity contribution in [1.82, 2.24) is 10.2 Å². The molecule has 0 aromatic carbocycles. The van der Waals surface area contributed by atoms with E-state index in [9.17, 15) is 13.2 Å². The molecule has 0 atom stereocenters. The highest BCUT2D eigenvalue weighted by Crippen LogP contribution is 2.30. The van der Waals surface area contributed by atoms with Crippen molar-refractivity contribution in [3.05, 3.63) is 11.6 Å². The first-order valence-corrected chi connectivity index (χ1v) is 6.67. The van der Waals surface area contributed by atoms with E-state index in [0.717, 1.165) is 25.9 Å². The molecular weight excluding hydrogens is 241 g/mol. The summed E-state index contributed by atoms with van der Waals surface area (Å²) in [6.45, 7) is 2.95. The summed E-state index contributed by atoms with van der Waals surface area (Å²) in [4.78, 5) is 2.10. The lowest BCUT2D eigenvalue weighted by atomic mass is 10.1. The van der Waals surface area contributed by atoms with Crippen LogP contribution in [0.3, 0.4) is 0 Å². The average molecular weight is 264 g/mol. The monoisotopic (exact) mass is 264 g/mol. The smallest absolute Gasteiger partial charge is 0.320 e. The van der Waals surface area contributed by atoms with Crippen LogP contribution in [-0.4, -0.2) is 44.3 Å². The summed E-state index contributed by atoms with van der Waals surface area (Å²) < 4.78 is 37.2. The van der Waals surface area contributed by atoms with Crippen LogP contribution >= 0.6 is 0 Å². The van der Waals surface area contributed by atoms with Gasteiger partial charge in [0.2, 0.25) is 0 Å². The normalized spacial score (nSPS) is 17.9. The van der Waals surface area contributed by atoms with Gasteiger partial charge in [-0.3, -0.25) is 4.90 Å². The molecule has 1 aliphatic rings. The lowest BCUT2D eigenvalue weighted by Crippen LogP contribution is -2.32. The first-order chi connectivity index (χ1) is 8.54. The second-order valence-corrected chi connectivity index (χ2v) is 4.80. The van der Waals surface area contributed by atoms with Gasteiger partial charge in [0.05, 0.1) is 0 Å². The molecule has 0 saturated heterocycles. The van der Waals surface area contributed by atoms with E-state index in [4.69, 9.17) is 0 Å². The van der Waals surface area contributed by atoms with Crippen LogP contribution in [0.4, 0.5) is 13.2 Å². The molecule has 1 rings (SSSR count). The molecule has 0 bridgehead atoms. The van der Waals surface area contributed by atoms with E-state index in [-0.39, 0.29) is 12.0 Å². The van der Waals surface area contributed by atoms with Crippen molar-refractivity contribution >= 4 is 0 Å². The number of alkyl halides is 3. The highest BCUT2D eigenvalue weighted by molar-refractivity contribution is 5.12. The minimum Gasteiger partial charge on any atom is -0.320 e. The van der Waals surface area contributed by atoms with Crippen molar-refractivity contribution in [2.75, 3.05) is 33.2 Å². The summed E-state index contributed by atoms with van der Waals surface area (Å²) in [6, 6.07) is 0. The van der Waals surface area contributed by atoms with E-state index in [0.29, 0.717) is 13.1 Å². The number of hydrogen-bond acceptors (Lipinski definition) is 2. The molecule has 0 radical (unpaired) electrons. The standard InChI is InChI=1S/C13H23F3N2/c1-17-8-4-2-3-5-9-18-10-6-12(7-11-18)13(14,15)16/h6,17H,2-5,7-11H2,1H3. The maximum Gasteiger partial charge on any atom is 0.412 e. The quantitative estimate of drug-likeness (QED) is 0.562. The second-order valence-electron chi connectivity index (χ2n) is 4.80. The predicted molar refractivity (Wildman–Crippen MR) is 67.6 cm³/mol. The largest absolute Gasteiger partial charge is 0.412 e. The molecule has 0 amide bonds. The van der Waals surface area contributed by atoms with E-state index >= 15 is 0 Å². The van der Waals surface area contributed by atoms with Gasteiger partial charge in [-0.15, -0.1) is 0 Å². The molecule has 0 aromatic rings. The zero-order chi connectivity index (χ0) is 13.4. The second kappa shape index (κ2) is 7.79. The predicted octanol–water partition coefficient (Wildman–Crippen LogP) is 2.96. The number of rotatable bonds is 7. The van der Waals surface area contributed by atoms with Crippen molar-refractivity contribution in [2.45, 2.75) is 38.3 Å². The topological polar surface area (TPSA) is 15.3 Å². The van der Waals surface area contributed by atoms with Crippen molar-refractivity contribution < 1.29 is 13.2 Å². The number of hydrogen-bond donors (Lipinski definition) is 1. The molecule has 106 valence electrons. The van der Waals surface area contributed by atoms with E-state index in [1.54, 1.807) is 0 Å². The summed E-state index contributed by atoms with van der Waals surface area (Å²) in [6.07, 6.45) is 1.97. The number of halogens is 3. The SMILES string of the molecule is CNCCCCCCN1CC=C(C(F)(F)F)CC1. The Morgan fingerprint density at radius 3 is 2.50 bits per heavy atom. The minimum absolute atomic E-state index is 0.142. The maximum absolute atomic E-state index is 12.4. The van der Waals surface area contributed by atoms with Gasteiger partial charge in [-0.2, -0.15) is 13.2 Å². The van der Waals surface area contributed by atoms with Gasteiger partial charge in [-0.05, 0) is 39.4 Å². The Balaban J connectivity index is 2.11. The van der Waals surface area contributed by atoms with Gasteiger partial charge in [0.25, 0.3) is 0 Å². The van der Waals surface area contributed by atoms with Gasteiger partial charge < -0.3 is 5.32 Å². The van der Waals surface area contributed by atoms with Gasteiger partial charge in [0, 0.05) is 18.7 Å². The summed E-state index contributed by atoms with van der Waals surface area (Å²) in [5, 5.41) is 3.10. The summed E-state index contributed by atoms with van der Waals surface area (Å²) >= 11 is 0. The Morgan fingerprint density at radius 2 is 1.94 bits per heavy atom. The minimum atomic E-state index is -4.13. The Hall–Kier alpha value is -0.550. The Bertz CT molecular complexity index is 261. The van der Waals surface area contributed by atoms with E-state index in [1.807, 2.05) is 7.05 Å². The molecule has 5 heteroatoms. The Labute approximate surface area is 107 Å². The van der Waals surface area contributed by atoms with Crippen LogP contribution < -0.4 is 5.32 Å². The highest BCUT2D eigenvalue weighted by Gasteiger charge is 2.34. The molecule has 18 heavy (non-hydrogen) atoms. The van der Waals surface area contributed by atoms with Crippen LogP contribution in [0, 0.1) is 0 Å². The number of unbranched alkanes of at least 4 members (excludes halogenated alkanes) is 3. The maximum atomic E-state index is 12.4. The van der Waals surface area contributed by atoms with Gasteiger partial charge in [-0.1, -0.05) is 18.9 Å². The van der Waals surface area contributed by atoms with Crippen LogP contribution in [0.5, 0.6) is 0 Å².